The van der Waals surface area contributed by atoms with Gasteiger partial charge in [-0.05, 0) is 38.6 Å². The summed E-state index contributed by atoms with van der Waals surface area (Å²) in [7, 11) is 1.82. The van der Waals surface area contributed by atoms with E-state index in [1.807, 2.05) is 11.9 Å². The molecule has 4 rings (SSSR count). The summed E-state index contributed by atoms with van der Waals surface area (Å²) in [6.07, 6.45) is 2.80. The van der Waals surface area contributed by atoms with Gasteiger partial charge in [-0.1, -0.05) is 16.8 Å². The standard InChI is InChI=1S/C22H28ClN7O4/c1-13-20(31)24-10-16-12-30(28-27-16)6-3-7-34-19-8-14(23)4-5-17(19)21(32)26-15-9-18(22(33)25-13)29(2)11-15/h4-5,8,12-13,15,18H,3,6-7,9-11H2,1-2H3,(H,24,31)(H,25,33)(H,26,32)/t13-,15+,18+/m1/s1. The number of carbonyl (C=O) groups is 3. The number of ether oxygens (including phenoxy) is 1. The Morgan fingerprint density at radius 2 is 2.00 bits per heavy atom. The number of aryl methyl sites for hydroxylation is 1. The van der Waals surface area contributed by atoms with Crippen LogP contribution < -0.4 is 20.7 Å². The Labute approximate surface area is 202 Å². The van der Waals surface area contributed by atoms with E-state index in [-0.39, 0.29) is 30.3 Å². The summed E-state index contributed by atoms with van der Waals surface area (Å²) in [6, 6.07) is 3.48. The fraction of sp³-hybridized carbons (Fsp3) is 0.500. The maximum absolute atomic E-state index is 13.0. The highest BCUT2D eigenvalue weighted by Gasteiger charge is 2.36. The Hall–Kier alpha value is -3.18. The van der Waals surface area contributed by atoms with Crippen molar-refractivity contribution in [3.63, 3.8) is 0 Å². The second-order valence-corrected chi connectivity index (χ2v) is 9.06. The monoisotopic (exact) mass is 489 g/mol. The van der Waals surface area contributed by atoms with Gasteiger partial charge in [0.2, 0.25) is 11.8 Å². The number of nitrogens with zero attached hydrogens (tertiary/aromatic N) is 4. The van der Waals surface area contributed by atoms with Crippen LogP contribution >= 0.6 is 11.6 Å². The number of rotatable bonds is 0. The molecule has 11 nitrogen and oxygen atoms in total. The van der Waals surface area contributed by atoms with Gasteiger partial charge in [0.05, 0.1) is 31.0 Å². The third kappa shape index (κ3) is 5.65. The molecule has 2 aromatic rings. The van der Waals surface area contributed by atoms with E-state index in [1.54, 1.807) is 36.0 Å². The van der Waals surface area contributed by atoms with Crippen molar-refractivity contribution in [1.29, 1.82) is 0 Å². The quantitative estimate of drug-likeness (QED) is 0.486. The van der Waals surface area contributed by atoms with Crippen LogP contribution in [0.1, 0.15) is 35.8 Å². The molecule has 3 heterocycles. The van der Waals surface area contributed by atoms with Gasteiger partial charge in [0.15, 0.2) is 0 Å². The van der Waals surface area contributed by atoms with Gasteiger partial charge >= 0.3 is 0 Å². The molecule has 0 unspecified atom stereocenters. The minimum absolute atomic E-state index is 0.207. The fourth-order valence-electron chi connectivity index (χ4n) is 4.12. The third-order valence-electron chi connectivity index (χ3n) is 5.95. The molecule has 0 saturated carbocycles. The van der Waals surface area contributed by atoms with Crippen LogP contribution in [0.25, 0.3) is 0 Å². The Morgan fingerprint density at radius 1 is 1.18 bits per heavy atom. The van der Waals surface area contributed by atoms with E-state index in [2.05, 4.69) is 26.3 Å². The summed E-state index contributed by atoms with van der Waals surface area (Å²) < 4.78 is 7.53. The number of halogens is 1. The Kier molecular flexibility index (Phi) is 7.32. The van der Waals surface area contributed by atoms with Crippen molar-refractivity contribution in [1.82, 2.24) is 35.8 Å². The number of nitrogens with one attached hydrogen (secondary N) is 3. The first kappa shape index (κ1) is 24.0. The van der Waals surface area contributed by atoms with Gasteiger partial charge in [0.25, 0.3) is 5.91 Å². The van der Waals surface area contributed by atoms with Crippen molar-refractivity contribution in [2.24, 2.45) is 0 Å². The number of likely N-dealkylation sites (N-methyl/N-ethyl adjacent to an activating group) is 1. The van der Waals surface area contributed by atoms with E-state index in [1.165, 1.54) is 0 Å². The normalized spacial score (nSPS) is 24.9. The first-order chi connectivity index (χ1) is 16.3. The minimum Gasteiger partial charge on any atom is -0.493 e. The van der Waals surface area contributed by atoms with Crippen LogP contribution in [0.5, 0.6) is 5.75 Å². The van der Waals surface area contributed by atoms with Crippen LogP contribution in [0.4, 0.5) is 0 Å². The summed E-state index contributed by atoms with van der Waals surface area (Å²) >= 11 is 6.13. The zero-order chi connectivity index (χ0) is 24.2. The van der Waals surface area contributed by atoms with E-state index in [0.29, 0.717) is 54.6 Å². The third-order valence-corrected chi connectivity index (χ3v) is 6.18. The molecule has 0 aliphatic carbocycles. The molecule has 12 heteroatoms. The summed E-state index contributed by atoms with van der Waals surface area (Å²) in [6.45, 7) is 3.23. The van der Waals surface area contributed by atoms with Crippen molar-refractivity contribution in [2.75, 3.05) is 20.2 Å². The molecule has 1 aromatic carbocycles. The maximum Gasteiger partial charge on any atom is 0.255 e. The lowest BCUT2D eigenvalue weighted by Crippen LogP contribution is -2.50. The van der Waals surface area contributed by atoms with Crippen molar-refractivity contribution in [3.8, 4) is 5.75 Å². The van der Waals surface area contributed by atoms with E-state index < -0.39 is 12.1 Å². The van der Waals surface area contributed by atoms with Gasteiger partial charge in [-0.3, -0.25) is 24.0 Å². The summed E-state index contributed by atoms with van der Waals surface area (Å²) in [4.78, 5) is 40.2. The van der Waals surface area contributed by atoms with E-state index in [9.17, 15) is 14.4 Å². The highest BCUT2D eigenvalue weighted by atomic mass is 35.5. The second-order valence-electron chi connectivity index (χ2n) is 8.62. The van der Waals surface area contributed by atoms with Crippen LogP contribution in [0.15, 0.2) is 24.4 Å². The summed E-state index contributed by atoms with van der Waals surface area (Å²) in [5.41, 5.74) is 0.983. The Balaban J connectivity index is 1.54. The highest BCUT2D eigenvalue weighted by molar-refractivity contribution is 6.30. The number of carbonyl (C=O) groups excluding carboxylic acids is 3. The number of hydrogen-bond donors (Lipinski definition) is 3. The molecule has 1 fully saturated rings. The first-order valence-corrected chi connectivity index (χ1v) is 11.6. The molecule has 0 radical (unpaired) electrons. The molecule has 2 aliphatic heterocycles. The number of hydrogen-bond acceptors (Lipinski definition) is 7. The predicted octanol–water partition coefficient (Wildman–Crippen LogP) is 0.338. The van der Waals surface area contributed by atoms with Crippen LogP contribution in [0.2, 0.25) is 5.02 Å². The van der Waals surface area contributed by atoms with Crippen molar-refractivity contribution >= 4 is 29.3 Å². The van der Waals surface area contributed by atoms with Crippen LogP contribution in [0.3, 0.4) is 0 Å². The lowest BCUT2D eigenvalue weighted by Gasteiger charge is -2.21. The van der Waals surface area contributed by atoms with Gasteiger partial charge in [0, 0.05) is 30.6 Å². The summed E-state index contributed by atoms with van der Waals surface area (Å²) in [5, 5.41) is 17.1. The average molecular weight is 490 g/mol. The van der Waals surface area contributed by atoms with Crippen molar-refractivity contribution in [3.05, 3.63) is 40.7 Å². The van der Waals surface area contributed by atoms with Crippen LogP contribution in [-0.2, 0) is 22.7 Å². The molecule has 3 amide bonds. The lowest BCUT2D eigenvalue weighted by molar-refractivity contribution is -0.130. The molecule has 1 aromatic heterocycles. The van der Waals surface area contributed by atoms with Crippen molar-refractivity contribution in [2.45, 2.75) is 51.0 Å². The largest absolute Gasteiger partial charge is 0.493 e. The van der Waals surface area contributed by atoms with Gasteiger partial charge in [-0.25, -0.2) is 0 Å². The smallest absolute Gasteiger partial charge is 0.255 e. The zero-order valence-electron chi connectivity index (χ0n) is 19.1. The SMILES string of the molecule is C[C@H]1NC(=O)[C@@H]2C[C@@H](CN2C)NC(=O)c2ccc(Cl)cc2OCCCn2cc(nn2)CNC1=O. The number of amides is 3. The van der Waals surface area contributed by atoms with Gasteiger partial charge in [-0.2, -0.15) is 0 Å². The Bertz CT molecular complexity index is 1080. The zero-order valence-corrected chi connectivity index (χ0v) is 19.8. The van der Waals surface area contributed by atoms with E-state index in [4.69, 9.17) is 16.3 Å². The molecule has 4 bridgehead atoms. The summed E-state index contributed by atoms with van der Waals surface area (Å²) in [5.74, 6) is -0.478. The number of aromatic nitrogens is 3. The molecular weight excluding hydrogens is 462 g/mol. The van der Waals surface area contributed by atoms with E-state index in [0.717, 1.165) is 0 Å². The van der Waals surface area contributed by atoms with E-state index >= 15 is 0 Å². The number of likely N-dealkylation sites (tertiary alicyclic amines) is 1. The Morgan fingerprint density at radius 3 is 2.82 bits per heavy atom. The fourth-order valence-corrected chi connectivity index (χ4v) is 4.28. The molecule has 0 spiro atoms. The molecule has 1 saturated heterocycles. The number of fused-ring (bicyclic) bond motifs is 5. The highest BCUT2D eigenvalue weighted by Crippen LogP contribution is 2.25. The van der Waals surface area contributed by atoms with Crippen LogP contribution in [-0.4, -0.2) is 75.9 Å². The number of benzene rings is 1. The van der Waals surface area contributed by atoms with Gasteiger partial charge in [-0.15, -0.1) is 5.10 Å². The van der Waals surface area contributed by atoms with Gasteiger partial charge in [0.1, 0.15) is 17.5 Å². The van der Waals surface area contributed by atoms with Crippen molar-refractivity contribution < 1.29 is 19.1 Å². The predicted molar refractivity (Wildman–Crippen MR) is 123 cm³/mol. The molecule has 34 heavy (non-hydrogen) atoms. The minimum atomic E-state index is -0.719. The lowest BCUT2D eigenvalue weighted by atomic mass is 10.1. The first-order valence-electron chi connectivity index (χ1n) is 11.2. The molecule has 2 aliphatic rings. The van der Waals surface area contributed by atoms with Gasteiger partial charge < -0.3 is 20.7 Å². The molecule has 3 N–H and O–H groups in total. The maximum atomic E-state index is 13.0. The van der Waals surface area contributed by atoms with Crippen LogP contribution in [0, 0.1) is 0 Å². The molecule has 182 valence electrons. The average Bonchev–Trinajstić information content (AvgIpc) is 3.40. The molecular formula is C22H28ClN7O4. The molecule has 3 atom stereocenters. The topological polar surface area (TPSA) is 130 Å². The second kappa shape index (κ2) is 10.4.